The van der Waals surface area contributed by atoms with Gasteiger partial charge in [0, 0.05) is 37.0 Å². The lowest BCUT2D eigenvalue weighted by molar-refractivity contribution is -0.384. The van der Waals surface area contributed by atoms with E-state index < -0.39 is 4.92 Å². The Kier molecular flexibility index (Phi) is 8.07. The highest BCUT2D eigenvalue weighted by atomic mass is 32.1. The molecule has 0 aliphatic carbocycles. The van der Waals surface area contributed by atoms with E-state index >= 15 is 0 Å². The number of carbonyl (C=O) groups excluding carboxylic acids is 2. The number of esters is 1. The lowest BCUT2D eigenvalue weighted by Gasteiger charge is -2.31. The maximum atomic E-state index is 12.2. The third-order valence-electron chi connectivity index (χ3n) is 5.04. The van der Waals surface area contributed by atoms with Crippen molar-refractivity contribution in [2.75, 3.05) is 25.0 Å². The van der Waals surface area contributed by atoms with Crippen LogP contribution >= 0.6 is 11.3 Å². The number of nitro groups is 1. The van der Waals surface area contributed by atoms with E-state index in [0.29, 0.717) is 24.8 Å². The van der Waals surface area contributed by atoms with E-state index in [1.807, 2.05) is 19.1 Å². The van der Waals surface area contributed by atoms with Gasteiger partial charge in [0.15, 0.2) is 5.13 Å². The number of nitrogens with zero attached hydrogens (tertiary/aromatic N) is 3. The predicted molar refractivity (Wildman–Crippen MR) is 123 cm³/mol. The Balaban J connectivity index is 1.77. The molecule has 1 amide bonds. The number of anilines is 1. The normalized spacial score (nSPS) is 16.8. The molecule has 1 aromatic heterocycles. The molecule has 1 atom stereocenters. The topological polar surface area (TPSA) is 115 Å². The van der Waals surface area contributed by atoms with Gasteiger partial charge in [-0.25, -0.2) is 4.98 Å². The van der Waals surface area contributed by atoms with Gasteiger partial charge in [0.05, 0.1) is 23.1 Å². The molecule has 3 rings (SSSR count). The van der Waals surface area contributed by atoms with Crippen LogP contribution in [0.15, 0.2) is 24.3 Å². The number of ether oxygens (including phenoxy) is 1. The van der Waals surface area contributed by atoms with Crippen LogP contribution in [0, 0.1) is 16.0 Å². The molecule has 9 nitrogen and oxygen atoms in total. The molecule has 2 heterocycles. The van der Waals surface area contributed by atoms with Crippen LogP contribution in [-0.2, 0) is 20.9 Å². The number of carbonyl (C=O) groups is 2. The summed E-state index contributed by atoms with van der Waals surface area (Å²) >= 11 is 1.40. The number of non-ortho nitro benzene ring substituents is 1. The Morgan fingerprint density at radius 1 is 1.34 bits per heavy atom. The fraction of sp³-hybridized carbons (Fsp3) is 0.409. The predicted octanol–water partition coefficient (Wildman–Crippen LogP) is 3.96. The van der Waals surface area contributed by atoms with Gasteiger partial charge in [0.1, 0.15) is 0 Å². The quantitative estimate of drug-likeness (QED) is 0.362. The van der Waals surface area contributed by atoms with Crippen molar-refractivity contribution in [1.29, 1.82) is 0 Å². The summed E-state index contributed by atoms with van der Waals surface area (Å²) in [5.74, 6) is -0.485. The van der Waals surface area contributed by atoms with E-state index in [1.165, 1.54) is 30.4 Å². The fourth-order valence-corrected chi connectivity index (χ4v) is 4.59. The SMILES string of the molecule is CCOC(=O)[C@@H]1CCCN(Cc2sc(NC(C)=O)nc2C=Cc2ccc([N+](=O)[O-])cc2)C1. The molecule has 1 aromatic carbocycles. The molecule has 1 fully saturated rings. The van der Waals surface area contributed by atoms with E-state index in [9.17, 15) is 19.7 Å². The zero-order valence-electron chi connectivity index (χ0n) is 18.1. The molecule has 0 spiro atoms. The largest absolute Gasteiger partial charge is 0.466 e. The van der Waals surface area contributed by atoms with Gasteiger partial charge in [-0.05, 0) is 50.1 Å². The first-order valence-electron chi connectivity index (χ1n) is 10.4. The Bertz CT molecular complexity index is 1000. The number of likely N-dealkylation sites (tertiary alicyclic amines) is 1. The van der Waals surface area contributed by atoms with E-state index in [0.717, 1.165) is 35.5 Å². The van der Waals surface area contributed by atoms with Crippen molar-refractivity contribution in [3.63, 3.8) is 0 Å². The van der Waals surface area contributed by atoms with Gasteiger partial charge >= 0.3 is 5.97 Å². The van der Waals surface area contributed by atoms with E-state index in [4.69, 9.17) is 4.74 Å². The van der Waals surface area contributed by atoms with Gasteiger partial charge in [-0.2, -0.15) is 0 Å². The van der Waals surface area contributed by atoms with E-state index in [-0.39, 0.29) is 23.5 Å². The van der Waals surface area contributed by atoms with Crippen LogP contribution in [0.25, 0.3) is 12.2 Å². The Hall–Kier alpha value is -3.11. The van der Waals surface area contributed by atoms with Crippen LogP contribution in [0.5, 0.6) is 0 Å². The maximum absolute atomic E-state index is 12.2. The lowest BCUT2D eigenvalue weighted by Crippen LogP contribution is -2.38. The van der Waals surface area contributed by atoms with Gasteiger partial charge in [0.25, 0.3) is 5.69 Å². The minimum atomic E-state index is -0.437. The number of benzene rings is 1. The Labute approximate surface area is 190 Å². The van der Waals surface area contributed by atoms with Crippen molar-refractivity contribution >= 4 is 46.2 Å². The van der Waals surface area contributed by atoms with Crippen LogP contribution in [0.2, 0.25) is 0 Å². The van der Waals surface area contributed by atoms with Crippen LogP contribution in [0.1, 0.15) is 42.8 Å². The molecule has 10 heteroatoms. The molecular formula is C22H26N4O5S. The smallest absolute Gasteiger partial charge is 0.310 e. The van der Waals surface area contributed by atoms with Crippen molar-refractivity contribution in [3.05, 3.63) is 50.5 Å². The standard InChI is InChI=1S/C22H26N4O5S/c1-3-31-21(28)17-5-4-12-25(13-17)14-20-19(24-22(32-20)23-15(2)27)11-8-16-6-9-18(10-7-16)26(29)30/h6-11,17H,3-5,12-14H2,1-2H3,(H,23,24,27)/t17-/m1/s1. The molecule has 170 valence electrons. The minimum Gasteiger partial charge on any atom is -0.466 e. The fourth-order valence-electron chi connectivity index (χ4n) is 3.55. The van der Waals surface area contributed by atoms with Gasteiger partial charge in [-0.15, -0.1) is 0 Å². The van der Waals surface area contributed by atoms with E-state index in [1.54, 1.807) is 12.1 Å². The number of nitrogens with one attached hydrogen (secondary N) is 1. The van der Waals surface area contributed by atoms with Crippen molar-refractivity contribution in [1.82, 2.24) is 9.88 Å². The molecular weight excluding hydrogens is 432 g/mol. The average molecular weight is 459 g/mol. The highest BCUT2D eigenvalue weighted by Gasteiger charge is 2.27. The number of aromatic nitrogens is 1. The second-order valence-corrected chi connectivity index (χ2v) is 8.60. The molecule has 0 saturated carbocycles. The summed E-state index contributed by atoms with van der Waals surface area (Å²) in [6, 6.07) is 6.25. The minimum absolute atomic E-state index is 0.0331. The van der Waals surface area contributed by atoms with Crippen LogP contribution < -0.4 is 5.32 Å². The number of rotatable bonds is 8. The molecule has 0 bridgehead atoms. The Morgan fingerprint density at radius 3 is 2.75 bits per heavy atom. The molecule has 1 aliphatic rings. The molecule has 1 aliphatic heterocycles. The second kappa shape index (κ2) is 11.0. The molecule has 32 heavy (non-hydrogen) atoms. The van der Waals surface area contributed by atoms with E-state index in [2.05, 4.69) is 15.2 Å². The van der Waals surface area contributed by atoms with Gasteiger partial charge < -0.3 is 10.1 Å². The van der Waals surface area contributed by atoms with Crippen LogP contribution in [-0.4, -0.2) is 46.4 Å². The molecule has 1 N–H and O–H groups in total. The Morgan fingerprint density at radius 2 is 2.09 bits per heavy atom. The molecule has 0 unspecified atom stereocenters. The number of hydrogen-bond acceptors (Lipinski definition) is 8. The average Bonchev–Trinajstić information content (AvgIpc) is 3.13. The summed E-state index contributed by atoms with van der Waals surface area (Å²) in [5, 5.41) is 14.1. The number of thiazole rings is 1. The molecule has 1 saturated heterocycles. The molecule has 0 radical (unpaired) electrons. The second-order valence-electron chi connectivity index (χ2n) is 7.52. The van der Waals surface area contributed by atoms with Crippen molar-refractivity contribution in [2.45, 2.75) is 33.2 Å². The zero-order valence-corrected chi connectivity index (χ0v) is 18.9. The van der Waals surface area contributed by atoms with Crippen molar-refractivity contribution < 1.29 is 19.2 Å². The summed E-state index contributed by atoms with van der Waals surface area (Å²) in [4.78, 5) is 41.7. The number of piperidine rings is 1. The highest BCUT2D eigenvalue weighted by Crippen LogP contribution is 2.28. The van der Waals surface area contributed by atoms with Crippen LogP contribution in [0.4, 0.5) is 10.8 Å². The summed E-state index contributed by atoms with van der Waals surface area (Å²) in [6.07, 6.45) is 5.40. The van der Waals surface area contributed by atoms with Gasteiger partial charge in [-0.3, -0.25) is 24.6 Å². The molecule has 2 aromatic rings. The number of amides is 1. The van der Waals surface area contributed by atoms with Crippen molar-refractivity contribution in [3.8, 4) is 0 Å². The third-order valence-corrected chi connectivity index (χ3v) is 6.01. The first-order chi connectivity index (χ1) is 15.4. The van der Waals surface area contributed by atoms with Crippen LogP contribution in [0.3, 0.4) is 0 Å². The lowest BCUT2D eigenvalue weighted by atomic mass is 9.98. The number of hydrogen-bond donors (Lipinski definition) is 1. The summed E-state index contributed by atoms with van der Waals surface area (Å²) in [5.41, 5.74) is 1.55. The van der Waals surface area contributed by atoms with Gasteiger partial charge in [-0.1, -0.05) is 17.4 Å². The van der Waals surface area contributed by atoms with Gasteiger partial charge in [0.2, 0.25) is 5.91 Å². The summed E-state index contributed by atoms with van der Waals surface area (Å²) in [7, 11) is 0. The maximum Gasteiger partial charge on any atom is 0.310 e. The monoisotopic (exact) mass is 458 g/mol. The summed E-state index contributed by atoms with van der Waals surface area (Å²) in [6.45, 7) is 5.71. The zero-order chi connectivity index (χ0) is 23.1. The third kappa shape index (κ3) is 6.44. The first kappa shape index (κ1) is 23.6. The first-order valence-corrected chi connectivity index (χ1v) is 11.3. The van der Waals surface area contributed by atoms with Crippen molar-refractivity contribution in [2.24, 2.45) is 5.92 Å². The highest BCUT2D eigenvalue weighted by molar-refractivity contribution is 7.16. The number of nitro benzene ring substituents is 1. The summed E-state index contributed by atoms with van der Waals surface area (Å²) < 4.78 is 5.19.